The van der Waals surface area contributed by atoms with E-state index >= 15 is 0 Å². The standard InChI is InChI=1S/C30H30FN9/c1-39(2)8-7-33-21-10-18(9-20(31)12-21)29-23-14-27(36-25(23)5-6-34-29)30-24-13-26(35-17-28(24)37-38-30)19-11-22(40(3)4)16-32-15-19/h5-6,9-17,33,36H,7-8H2,1-4H3,(H,37,38). The normalized spacial score (nSPS) is 11.6. The van der Waals surface area contributed by atoms with Crippen molar-refractivity contribution in [2.75, 3.05) is 51.5 Å². The van der Waals surface area contributed by atoms with Crippen LogP contribution in [0, 0.1) is 5.82 Å². The number of aromatic nitrogens is 6. The Bertz CT molecular complexity index is 1820. The van der Waals surface area contributed by atoms with E-state index in [1.165, 1.54) is 12.1 Å². The van der Waals surface area contributed by atoms with Crippen molar-refractivity contribution in [2.45, 2.75) is 0 Å². The maximum atomic E-state index is 14.6. The maximum Gasteiger partial charge on any atom is 0.125 e. The van der Waals surface area contributed by atoms with E-state index in [-0.39, 0.29) is 5.82 Å². The van der Waals surface area contributed by atoms with Crippen LogP contribution in [0.4, 0.5) is 15.8 Å². The zero-order valence-corrected chi connectivity index (χ0v) is 22.8. The van der Waals surface area contributed by atoms with Gasteiger partial charge in [0.05, 0.1) is 40.7 Å². The second kappa shape index (κ2) is 10.4. The Labute approximate surface area is 231 Å². The lowest BCUT2D eigenvalue weighted by Crippen LogP contribution is -2.20. The van der Waals surface area contributed by atoms with Crippen LogP contribution >= 0.6 is 0 Å². The van der Waals surface area contributed by atoms with Gasteiger partial charge in [-0.15, -0.1) is 0 Å². The molecule has 40 heavy (non-hydrogen) atoms. The van der Waals surface area contributed by atoms with Crippen LogP contribution in [0.3, 0.4) is 0 Å². The summed E-state index contributed by atoms with van der Waals surface area (Å²) in [5, 5.41) is 12.8. The van der Waals surface area contributed by atoms with E-state index in [4.69, 9.17) is 0 Å². The molecule has 0 unspecified atom stereocenters. The van der Waals surface area contributed by atoms with E-state index in [0.29, 0.717) is 17.8 Å². The van der Waals surface area contributed by atoms with Crippen LogP contribution < -0.4 is 10.2 Å². The van der Waals surface area contributed by atoms with Crippen LogP contribution in [0.5, 0.6) is 0 Å². The Morgan fingerprint density at radius 3 is 2.52 bits per heavy atom. The number of aromatic amines is 2. The van der Waals surface area contributed by atoms with E-state index in [1.807, 2.05) is 69.7 Å². The first-order chi connectivity index (χ1) is 19.4. The summed E-state index contributed by atoms with van der Waals surface area (Å²) in [6.07, 6.45) is 7.15. The van der Waals surface area contributed by atoms with Gasteiger partial charge in [0.15, 0.2) is 0 Å². The Balaban J connectivity index is 1.39. The lowest BCUT2D eigenvalue weighted by atomic mass is 10.1. The van der Waals surface area contributed by atoms with Crippen molar-refractivity contribution in [1.29, 1.82) is 0 Å². The Morgan fingerprint density at radius 2 is 1.70 bits per heavy atom. The average molecular weight is 536 g/mol. The summed E-state index contributed by atoms with van der Waals surface area (Å²) in [5.74, 6) is -0.314. The molecule has 0 aliphatic rings. The molecule has 0 bridgehead atoms. The zero-order valence-electron chi connectivity index (χ0n) is 22.8. The fraction of sp³-hybridized carbons (Fsp3) is 0.200. The van der Waals surface area contributed by atoms with Gasteiger partial charge < -0.3 is 20.1 Å². The molecule has 0 saturated heterocycles. The largest absolute Gasteiger partial charge is 0.384 e. The molecule has 0 saturated carbocycles. The molecule has 0 spiro atoms. The smallest absolute Gasteiger partial charge is 0.125 e. The predicted octanol–water partition coefficient (Wildman–Crippen LogP) is 5.41. The number of nitrogens with one attached hydrogen (secondary N) is 3. The molecular formula is C30H30FN9. The second-order valence-corrected chi connectivity index (χ2v) is 10.3. The van der Waals surface area contributed by atoms with Crippen molar-refractivity contribution in [1.82, 2.24) is 35.0 Å². The quantitative estimate of drug-likeness (QED) is 0.240. The highest BCUT2D eigenvalue weighted by Crippen LogP contribution is 2.35. The molecular weight excluding hydrogens is 505 g/mol. The summed E-state index contributed by atoms with van der Waals surface area (Å²) in [6, 6.07) is 13.0. The number of benzene rings is 1. The molecule has 6 rings (SSSR count). The molecule has 0 fully saturated rings. The lowest BCUT2D eigenvalue weighted by Gasteiger charge is -2.12. The van der Waals surface area contributed by atoms with Crippen LogP contribution in [-0.4, -0.2) is 76.3 Å². The summed E-state index contributed by atoms with van der Waals surface area (Å²) in [4.78, 5) is 21.2. The highest BCUT2D eigenvalue weighted by atomic mass is 19.1. The summed E-state index contributed by atoms with van der Waals surface area (Å²) in [7, 11) is 7.98. The number of halogens is 1. The van der Waals surface area contributed by atoms with Crippen molar-refractivity contribution in [2.24, 2.45) is 0 Å². The molecule has 9 nitrogen and oxygen atoms in total. The van der Waals surface area contributed by atoms with Gasteiger partial charge in [-0.1, -0.05) is 0 Å². The van der Waals surface area contributed by atoms with Crippen molar-refractivity contribution >= 4 is 33.2 Å². The summed E-state index contributed by atoms with van der Waals surface area (Å²) in [5.41, 5.74) is 8.15. The van der Waals surface area contributed by atoms with E-state index in [9.17, 15) is 4.39 Å². The molecule has 3 N–H and O–H groups in total. The van der Waals surface area contributed by atoms with Crippen molar-refractivity contribution in [3.05, 3.63) is 73.1 Å². The van der Waals surface area contributed by atoms with Crippen LogP contribution in [0.1, 0.15) is 0 Å². The molecule has 10 heteroatoms. The molecule has 0 aliphatic carbocycles. The minimum atomic E-state index is -0.314. The number of H-pyrrole nitrogens is 2. The van der Waals surface area contributed by atoms with Gasteiger partial charge in [-0.3, -0.25) is 20.1 Å². The second-order valence-electron chi connectivity index (χ2n) is 10.3. The number of rotatable bonds is 8. The molecule has 1 aromatic carbocycles. The number of hydrogen-bond acceptors (Lipinski definition) is 7. The molecule has 202 valence electrons. The highest BCUT2D eigenvalue weighted by molar-refractivity contribution is 6.00. The van der Waals surface area contributed by atoms with Gasteiger partial charge in [-0.25, -0.2) is 4.39 Å². The van der Waals surface area contributed by atoms with Crippen LogP contribution in [0.2, 0.25) is 0 Å². The van der Waals surface area contributed by atoms with E-state index in [1.54, 1.807) is 12.4 Å². The zero-order chi connectivity index (χ0) is 27.8. The Kier molecular flexibility index (Phi) is 6.61. The first kappa shape index (κ1) is 25.4. The van der Waals surface area contributed by atoms with E-state index < -0.39 is 0 Å². The van der Waals surface area contributed by atoms with Crippen molar-refractivity contribution < 1.29 is 4.39 Å². The molecule has 6 aromatic rings. The molecule has 0 radical (unpaired) electrons. The number of anilines is 2. The van der Waals surface area contributed by atoms with Gasteiger partial charge in [-0.05, 0) is 56.6 Å². The van der Waals surface area contributed by atoms with Gasteiger partial charge in [-0.2, -0.15) is 5.10 Å². The third kappa shape index (κ3) is 4.96. The van der Waals surface area contributed by atoms with Crippen LogP contribution in [-0.2, 0) is 0 Å². The fourth-order valence-electron chi connectivity index (χ4n) is 4.76. The van der Waals surface area contributed by atoms with Crippen LogP contribution in [0.25, 0.3) is 55.7 Å². The fourth-order valence-corrected chi connectivity index (χ4v) is 4.76. The molecule has 0 atom stereocenters. The Morgan fingerprint density at radius 1 is 0.850 bits per heavy atom. The molecule has 5 heterocycles. The topological polar surface area (TPSA) is 102 Å². The SMILES string of the molecule is CN(C)CCNc1cc(F)cc(-c2nccc3[nH]c(-c4n[nH]c5cnc(-c6cncc(N(C)C)c6)cc45)cc23)c1. The number of pyridine rings is 3. The Hall–Kier alpha value is -4.83. The first-order valence-electron chi connectivity index (χ1n) is 13.0. The molecule has 0 amide bonds. The summed E-state index contributed by atoms with van der Waals surface area (Å²) < 4.78 is 14.6. The minimum Gasteiger partial charge on any atom is -0.384 e. The molecule has 0 aliphatic heterocycles. The van der Waals surface area contributed by atoms with Crippen molar-refractivity contribution in [3.8, 4) is 33.9 Å². The lowest BCUT2D eigenvalue weighted by molar-refractivity contribution is 0.425. The average Bonchev–Trinajstić information content (AvgIpc) is 3.56. The number of nitrogens with zero attached hydrogens (tertiary/aromatic N) is 6. The van der Waals surface area contributed by atoms with Gasteiger partial charge >= 0.3 is 0 Å². The molecule has 5 aromatic heterocycles. The predicted molar refractivity (Wildman–Crippen MR) is 159 cm³/mol. The van der Waals surface area contributed by atoms with Gasteiger partial charge in [0, 0.05) is 72.7 Å². The monoisotopic (exact) mass is 535 g/mol. The summed E-state index contributed by atoms with van der Waals surface area (Å²) >= 11 is 0. The number of fused-ring (bicyclic) bond motifs is 2. The third-order valence-electron chi connectivity index (χ3n) is 6.85. The van der Waals surface area contributed by atoms with Crippen LogP contribution in [0.15, 0.2) is 67.3 Å². The van der Waals surface area contributed by atoms with Gasteiger partial charge in [0.2, 0.25) is 0 Å². The minimum absolute atomic E-state index is 0.314. The number of hydrogen-bond donors (Lipinski definition) is 3. The maximum absolute atomic E-state index is 14.6. The highest BCUT2D eigenvalue weighted by Gasteiger charge is 2.16. The third-order valence-corrected chi connectivity index (χ3v) is 6.85. The first-order valence-corrected chi connectivity index (χ1v) is 13.0. The summed E-state index contributed by atoms with van der Waals surface area (Å²) in [6.45, 7) is 1.55. The van der Waals surface area contributed by atoms with Crippen molar-refractivity contribution in [3.63, 3.8) is 0 Å². The van der Waals surface area contributed by atoms with E-state index in [0.717, 1.165) is 62.4 Å². The van der Waals surface area contributed by atoms with Gasteiger partial charge in [0.1, 0.15) is 11.5 Å². The van der Waals surface area contributed by atoms with E-state index in [2.05, 4.69) is 46.4 Å². The number of likely N-dealkylation sites (N-methyl/N-ethyl adjacent to an activating group) is 1. The van der Waals surface area contributed by atoms with Gasteiger partial charge in [0.25, 0.3) is 0 Å².